The highest BCUT2D eigenvalue weighted by Crippen LogP contribution is 2.05. The molecule has 0 unspecified atom stereocenters. The Hall–Kier alpha value is -1.85. The van der Waals surface area contributed by atoms with Crippen molar-refractivity contribution in [1.29, 1.82) is 0 Å². The minimum atomic E-state index is -0.348. The molecule has 0 saturated carbocycles. The normalized spacial score (nSPS) is 9.55. The van der Waals surface area contributed by atoms with Crippen molar-refractivity contribution in [3.63, 3.8) is 0 Å². The van der Waals surface area contributed by atoms with Gasteiger partial charge in [-0.25, -0.2) is 9.78 Å². The van der Waals surface area contributed by atoms with E-state index in [0.717, 1.165) is 17.5 Å². The summed E-state index contributed by atoms with van der Waals surface area (Å²) in [4.78, 5) is 27.7. The van der Waals surface area contributed by atoms with Gasteiger partial charge < -0.3 is 4.57 Å². The van der Waals surface area contributed by atoms with E-state index < -0.39 is 0 Å². The molecule has 0 spiro atoms. The topological polar surface area (TPSA) is 61.8 Å². The second-order valence-corrected chi connectivity index (χ2v) is 3.82. The summed E-state index contributed by atoms with van der Waals surface area (Å²) in [5.41, 5.74) is 0.302. The quantitative estimate of drug-likeness (QED) is 0.845. The summed E-state index contributed by atoms with van der Waals surface area (Å²) in [7, 11) is 3.10. The third kappa shape index (κ3) is 3.18. The van der Waals surface area contributed by atoms with Gasteiger partial charge in [0.15, 0.2) is 11.2 Å². The number of rotatable bonds is 2. The van der Waals surface area contributed by atoms with Crippen molar-refractivity contribution >= 4 is 11.2 Å². The molecule has 2 rings (SSSR count). The van der Waals surface area contributed by atoms with Gasteiger partial charge in [0.25, 0.3) is 5.56 Å². The second kappa shape index (κ2) is 8.35. The summed E-state index contributed by atoms with van der Waals surface area (Å²) < 4.78 is 4.29. The number of hydrogen-bond donors (Lipinski definition) is 0. The van der Waals surface area contributed by atoms with Gasteiger partial charge in [-0.05, 0) is 6.42 Å². The van der Waals surface area contributed by atoms with Crippen molar-refractivity contribution in [3.8, 4) is 0 Å². The summed E-state index contributed by atoms with van der Waals surface area (Å²) >= 11 is 0. The molecule has 0 N–H and O–H groups in total. The van der Waals surface area contributed by atoms with Gasteiger partial charge in [-0.3, -0.25) is 13.9 Å². The van der Waals surface area contributed by atoms with E-state index in [1.165, 1.54) is 11.6 Å². The Bertz CT molecular complexity index is 649. The van der Waals surface area contributed by atoms with E-state index in [9.17, 15) is 9.59 Å². The summed E-state index contributed by atoms with van der Waals surface area (Å²) in [6.45, 7) is 10.8. The van der Waals surface area contributed by atoms with E-state index >= 15 is 0 Å². The number of hydrogen-bond acceptors (Lipinski definition) is 3. The van der Waals surface area contributed by atoms with Crippen molar-refractivity contribution in [3.05, 3.63) is 27.2 Å². The van der Waals surface area contributed by atoms with E-state index in [1.54, 1.807) is 17.9 Å². The lowest BCUT2D eigenvalue weighted by molar-refractivity contribution is 0.676. The van der Waals surface area contributed by atoms with Crippen LogP contribution in [0.1, 0.15) is 41.0 Å². The fraction of sp³-hybridized carbons (Fsp3) is 0.643. The molecule has 6 heteroatoms. The summed E-state index contributed by atoms with van der Waals surface area (Å²) in [6, 6.07) is 0. The van der Waals surface area contributed by atoms with Crippen LogP contribution < -0.4 is 11.2 Å². The molecule has 2 aromatic heterocycles. The number of imidazole rings is 1. The predicted octanol–water partition coefficient (Wildman–Crippen LogP) is 1.90. The zero-order chi connectivity index (χ0) is 15.9. The van der Waals surface area contributed by atoms with Crippen LogP contribution in [0.15, 0.2) is 15.9 Å². The Kier molecular flexibility index (Phi) is 7.57. The number of aromatic nitrogens is 4. The van der Waals surface area contributed by atoms with Gasteiger partial charge in [-0.2, -0.15) is 0 Å². The van der Waals surface area contributed by atoms with Crippen LogP contribution in [0.25, 0.3) is 11.2 Å². The Labute approximate surface area is 119 Å². The van der Waals surface area contributed by atoms with Gasteiger partial charge in [0.1, 0.15) is 0 Å². The van der Waals surface area contributed by atoms with Crippen LogP contribution in [0, 0.1) is 0 Å². The molecule has 20 heavy (non-hydrogen) atoms. The van der Waals surface area contributed by atoms with Gasteiger partial charge >= 0.3 is 5.69 Å². The first-order chi connectivity index (χ1) is 9.57. The maximum Gasteiger partial charge on any atom is 0.332 e. The van der Waals surface area contributed by atoms with Crippen molar-refractivity contribution < 1.29 is 0 Å². The van der Waals surface area contributed by atoms with Crippen molar-refractivity contribution in [1.82, 2.24) is 18.7 Å². The molecule has 0 aromatic carbocycles. The Morgan fingerprint density at radius 2 is 1.60 bits per heavy atom. The predicted molar refractivity (Wildman–Crippen MR) is 83.2 cm³/mol. The Balaban J connectivity index is 0.000000829. The van der Waals surface area contributed by atoms with E-state index in [-0.39, 0.29) is 11.2 Å². The Morgan fingerprint density at radius 3 is 2.10 bits per heavy atom. The maximum absolute atomic E-state index is 11.9. The maximum atomic E-state index is 11.9. The lowest BCUT2D eigenvalue weighted by atomic mass is 10.4. The molecule has 114 valence electrons. The molecule has 0 amide bonds. The molecule has 6 nitrogen and oxygen atoms in total. The fourth-order valence-corrected chi connectivity index (χ4v) is 1.81. The molecule has 0 fully saturated rings. The van der Waals surface area contributed by atoms with Gasteiger partial charge in [-0.1, -0.05) is 34.6 Å². The zero-order valence-corrected chi connectivity index (χ0v) is 13.6. The first-order valence-corrected chi connectivity index (χ1v) is 7.18. The van der Waals surface area contributed by atoms with Gasteiger partial charge in [0, 0.05) is 20.6 Å². The van der Waals surface area contributed by atoms with Crippen LogP contribution in [0.5, 0.6) is 0 Å². The third-order valence-corrected chi connectivity index (χ3v) is 2.68. The molecule has 0 aliphatic carbocycles. The van der Waals surface area contributed by atoms with E-state index in [4.69, 9.17) is 0 Å². The van der Waals surface area contributed by atoms with E-state index in [2.05, 4.69) is 4.98 Å². The standard InChI is InChI=1S/C10H14N4O2.2C2H6/c1-4-5-14-6-11-8-7(14)9(15)13(3)10(16)12(8)2;2*1-2/h6H,4-5H2,1-3H3;2*1-2H3. The molecule has 0 atom stereocenters. The molecule has 0 radical (unpaired) electrons. The van der Waals surface area contributed by atoms with Crippen LogP contribution in [-0.2, 0) is 20.6 Å². The van der Waals surface area contributed by atoms with Gasteiger partial charge in [0.05, 0.1) is 6.33 Å². The highest BCUT2D eigenvalue weighted by molar-refractivity contribution is 5.69. The number of nitrogens with zero attached hydrogens (tertiary/aromatic N) is 4. The molecule has 0 bridgehead atoms. The lowest BCUT2D eigenvalue weighted by Crippen LogP contribution is -2.37. The Morgan fingerprint density at radius 1 is 1.05 bits per heavy atom. The molecular weight excluding hydrogens is 256 g/mol. The molecule has 0 saturated heterocycles. The van der Waals surface area contributed by atoms with E-state index in [0.29, 0.717) is 11.2 Å². The summed E-state index contributed by atoms with van der Waals surface area (Å²) in [5.74, 6) is 0. The first kappa shape index (κ1) is 18.1. The molecule has 2 aromatic rings. The second-order valence-electron chi connectivity index (χ2n) is 3.82. The monoisotopic (exact) mass is 282 g/mol. The highest BCUT2D eigenvalue weighted by atomic mass is 16.2. The average molecular weight is 282 g/mol. The van der Waals surface area contributed by atoms with Crippen molar-refractivity contribution in [2.75, 3.05) is 0 Å². The molecular formula is C14H26N4O2. The average Bonchev–Trinajstić information content (AvgIpc) is 2.91. The molecule has 2 heterocycles. The van der Waals surface area contributed by atoms with Gasteiger partial charge in [0.2, 0.25) is 0 Å². The number of fused-ring (bicyclic) bond motifs is 1. The smallest absolute Gasteiger partial charge is 0.325 e. The minimum Gasteiger partial charge on any atom is -0.325 e. The van der Waals surface area contributed by atoms with Crippen molar-refractivity contribution in [2.24, 2.45) is 14.1 Å². The largest absolute Gasteiger partial charge is 0.332 e. The van der Waals surface area contributed by atoms with Crippen molar-refractivity contribution in [2.45, 2.75) is 47.6 Å². The number of aryl methyl sites for hydroxylation is 2. The van der Waals surface area contributed by atoms with Crippen LogP contribution >= 0.6 is 0 Å². The molecule has 0 aliphatic heterocycles. The zero-order valence-electron chi connectivity index (χ0n) is 13.6. The van der Waals surface area contributed by atoms with Gasteiger partial charge in [-0.15, -0.1) is 0 Å². The fourth-order valence-electron chi connectivity index (χ4n) is 1.81. The third-order valence-electron chi connectivity index (χ3n) is 2.68. The lowest BCUT2D eigenvalue weighted by Gasteiger charge is -2.05. The van der Waals surface area contributed by atoms with Crippen LogP contribution in [-0.4, -0.2) is 18.7 Å². The first-order valence-electron chi connectivity index (χ1n) is 7.18. The SMILES string of the molecule is CC.CC.CCCn1cnc2c1c(=O)n(C)c(=O)n2C. The molecule has 0 aliphatic rings. The minimum absolute atomic E-state index is 0.288. The van der Waals surface area contributed by atoms with E-state index in [1.807, 2.05) is 34.6 Å². The highest BCUT2D eigenvalue weighted by Gasteiger charge is 2.13. The summed E-state index contributed by atoms with van der Waals surface area (Å²) in [6.07, 6.45) is 2.52. The van der Waals surface area contributed by atoms with Crippen LogP contribution in [0.2, 0.25) is 0 Å². The summed E-state index contributed by atoms with van der Waals surface area (Å²) in [5, 5.41) is 0. The van der Waals surface area contributed by atoms with Crippen LogP contribution in [0.3, 0.4) is 0 Å². The van der Waals surface area contributed by atoms with Crippen LogP contribution in [0.4, 0.5) is 0 Å².